The van der Waals surface area contributed by atoms with Crippen molar-refractivity contribution in [3.63, 3.8) is 0 Å². The average molecular weight is 425 g/mol. The fourth-order valence-electron chi connectivity index (χ4n) is 1.93. The first-order chi connectivity index (χ1) is 9.67. The van der Waals surface area contributed by atoms with Crippen LogP contribution in [0.1, 0.15) is 0 Å². The van der Waals surface area contributed by atoms with Gasteiger partial charge in [0.1, 0.15) is 0 Å². The molecule has 0 bridgehead atoms. The first-order valence-corrected chi connectivity index (χ1v) is 8.07. The number of halogens is 7. The predicted molar refractivity (Wildman–Crippen MR) is 69.3 cm³/mol. The molecule has 0 aliphatic heterocycles. The molecule has 0 aliphatic carbocycles. The van der Waals surface area contributed by atoms with E-state index in [1.807, 2.05) is 0 Å². The van der Waals surface area contributed by atoms with E-state index in [0.29, 0.717) is 24.3 Å². The summed E-state index contributed by atoms with van der Waals surface area (Å²) in [6.07, 6.45) is 0. The van der Waals surface area contributed by atoms with Gasteiger partial charge in [-0.1, -0.05) is 18.7 Å². The number of hydrogen-bond donors (Lipinski definition) is 0. The normalized spacial score (nSPS) is 10.8. The van der Waals surface area contributed by atoms with Crippen molar-refractivity contribution in [2.24, 2.45) is 0 Å². The molecule has 0 saturated carbocycles. The minimum Gasteiger partial charge on any atom is -1.00 e. The van der Waals surface area contributed by atoms with E-state index in [1.165, 1.54) is 0 Å². The number of hydrogen-bond acceptors (Lipinski definition) is 1. The van der Waals surface area contributed by atoms with Crippen LogP contribution in [0.4, 0.5) is 26.3 Å². The van der Waals surface area contributed by atoms with Gasteiger partial charge in [0, 0.05) is 8.32 Å². The molecule has 0 spiro atoms. The summed E-state index contributed by atoms with van der Waals surface area (Å²) in [5.41, 5.74) is 0. The van der Waals surface area contributed by atoms with Crippen LogP contribution in [0.15, 0.2) is 24.3 Å². The molecule has 0 N–H and O–H groups in total. The van der Waals surface area contributed by atoms with Gasteiger partial charge in [-0.05, 0) is 22.5 Å². The zero-order valence-electron chi connectivity index (χ0n) is 11.6. The quantitative estimate of drug-likeness (QED) is 0.316. The van der Waals surface area contributed by atoms with Gasteiger partial charge in [-0.2, -0.15) is 0 Å². The molecule has 2 aromatic carbocycles. The Hall–Kier alpha value is -0.557. The molecule has 1 nitrogen and oxygen atoms in total. The van der Waals surface area contributed by atoms with Gasteiger partial charge < -0.3 is 21.8 Å². The Bertz CT molecular complexity index is 669. The van der Waals surface area contributed by atoms with Crippen LogP contribution in [0.5, 0.6) is 0 Å². The first kappa shape index (κ1) is 22.4. The monoisotopic (exact) mass is 424 g/mol. The summed E-state index contributed by atoms with van der Waals surface area (Å²) in [6.45, 7) is 0.874. The molecule has 0 radical (unpaired) electrons. The summed E-state index contributed by atoms with van der Waals surface area (Å²) in [5, 5.41) is -1.57. The topological polar surface area (TPSA) is 23.1 Å². The second-order valence-electron chi connectivity index (χ2n) is 4.48. The van der Waals surface area contributed by atoms with Crippen molar-refractivity contribution in [2.75, 3.05) is 0 Å². The van der Waals surface area contributed by atoms with Gasteiger partial charge in [0.05, 0.1) is 0 Å². The SMILES string of the molecule is C[Si]([O-])(c1ccc(F)c(F)c1F)c1ccc(F)c(F)c1F.[Br-].[Mg+2]. The van der Waals surface area contributed by atoms with Crippen LogP contribution in [0.3, 0.4) is 0 Å². The van der Waals surface area contributed by atoms with E-state index in [0.717, 1.165) is 6.55 Å². The van der Waals surface area contributed by atoms with E-state index in [1.54, 1.807) is 0 Å². The number of benzene rings is 2. The third kappa shape index (κ3) is 3.93. The van der Waals surface area contributed by atoms with Crippen molar-refractivity contribution in [2.45, 2.75) is 6.55 Å². The standard InChI is InChI=1S/C13H7F6OSi.BrH.Mg/c1-21(20,8-4-2-6(14)10(16)12(8)18)9-5-3-7(15)11(17)13(9)19;;/h2-5H,1H3;1H;/q-1;;+2/p-1. The van der Waals surface area contributed by atoms with Crippen LogP contribution < -0.4 is 32.2 Å². The van der Waals surface area contributed by atoms with Gasteiger partial charge in [0.15, 0.2) is 34.9 Å². The second kappa shape index (κ2) is 8.01. The zero-order chi connectivity index (χ0) is 15.9. The van der Waals surface area contributed by atoms with Gasteiger partial charge in [-0.15, -0.1) is 0 Å². The second-order valence-corrected chi connectivity index (χ2v) is 7.62. The van der Waals surface area contributed by atoms with Crippen molar-refractivity contribution in [3.05, 3.63) is 59.2 Å². The molecule has 0 aliphatic rings. The van der Waals surface area contributed by atoms with Gasteiger partial charge in [-0.25, -0.2) is 26.3 Å². The molecule has 0 amide bonds. The Balaban J connectivity index is 0.00000242. The van der Waals surface area contributed by atoms with Gasteiger partial charge >= 0.3 is 23.1 Å². The molecule has 23 heavy (non-hydrogen) atoms. The molecule has 2 aromatic rings. The summed E-state index contributed by atoms with van der Waals surface area (Å²) in [4.78, 5) is 12.6. The molecule has 0 fully saturated rings. The molecule has 0 atom stereocenters. The van der Waals surface area contributed by atoms with E-state index < -0.39 is 53.6 Å². The van der Waals surface area contributed by atoms with Gasteiger partial charge in [-0.3, -0.25) is 0 Å². The Labute approximate surface area is 155 Å². The maximum atomic E-state index is 13.7. The summed E-state index contributed by atoms with van der Waals surface area (Å²) >= 11 is 0. The van der Waals surface area contributed by atoms with Crippen molar-refractivity contribution < 1.29 is 48.1 Å². The molecule has 0 saturated heterocycles. The van der Waals surface area contributed by atoms with E-state index in [9.17, 15) is 31.1 Å². The molecule has 0 unspecified atom stereocenters. The van der Waals surface area contributed by atoms with Crippen LogP contribution in [0, 0.1) is 34.9 Å². The summed E-state index contributed by atoms with van der Waals surface area (Å²) in [7, 11) is -4.47. The molecule has 120 valence electrons. The first-order valence-electron chi connectivity index (χ1n) is 5.66. The van der Waals surface area contributed by atoms with Crippen molar-refractivity contribution >= 4 is 41.7 Å². The smallest absolute Gasteiger partial charge is 1.00 e. The van der Waals surface area contributed by atoms with Crippen LogP contribution >= 0.6 is 0 Å². The molecule has 0 heterocycles. The maximum absolute atomic E-state index is 13.7. The van der Waals surface area contributed by atoms with Crippen molar-refractivity contribution in [1.29, 1.82) is 0 Å². The number of rotatable bonds is 2. The van der Waals surface area contributed by atoms with E-state index in [4.69, 9.17) is 0 Å². The third-order valence-electron chi connectivity index (χ3n) is 3.10. The average Bonchev–Trinajstić information content (AvgIpc) is 2.41. The zero-order valence-corrected chi connectivity index (χ0v) is 15.6. The minimum absolute atomic E-state index is 0. The summed E-state index contributed by atoms with van der Waals surface area (Å²) in [6, 6.07) is 2.42. The molecular weight excluding hydrogens is 418 g/mol. The third-order valence-corrected chi connectivity index (χ3v) is 5.93. The van der Waals surface area contributed by atoms with Crippen molar-refractivity contribution in [3.8, 4) is 0 Å². The van der Waals surface area contributed by atoms with Crippen LogP contribution in [0.25, 0.3) is 0 Å². The maximum Gasteiger partial charge on any atom is 2.00 e. The Morgan fingerprint density at radius 3 is 1.30 bits per heavy atom. The van der Waals surface area contributed by atoms with Gasteiger partial charge in [0.2, 0.25) is 0 Å². The predicted octanol–water partition coefficient (Wildman–Crippen LogP) is -1.81. The van der Waals surface area contributed by atoms with E-state index >= 15 is 0 Å². The van der Waals surface area contributed by atoms with Crippen LogP contribution in [-0.2, 0) is 0 Å². The molecule has 10 heteroatoms. The largest absolute Gasteiger partial charge is 2.00 e. The molecular formula is C13H7BrF6MgOSi. The Kier molecular flexibility index (Phi) is 7.82. The minimum atomic E-state index is -4.47. The fourth-order valence-corrected chi connectivity index (χ4v) is 4.08. The van der Waals surface area contributed by atoms with E-state index in [-0.39, 0.29) is 40.0 Å². The Morgan fingerprint density at radius 2 is 1.00 bits per heavy atom. The summed E-state index contributed by atoms with van der Waals surface area (Å²) in [5.74, 6) is -10.2. The Morgan fingerprint density at radius 1 is 0.696 bits per heavy atom. The van der Waals surface area contributed by atoms with Crippen molar-refractivity contribution in [1.82, 2.24) is 0 Å². The van der Waals surface area contributed by atoms with E-state index in [2.05, 4.69) is 0 Å². The molecule has 2 rings (SSSR count). The van der Waals surface area contributed by atoms with Crippen LogP contribution in [-0.4, -0.2) is 31.4 Å². The van der Waals surface area contributed by atoms with Crippen LogP contribution in [0.2, 0.25) is 6.55 Å². The fraction of sp³-hybridized carbons (Fsp3) is 0.0769. The molecule has 0 aromatic heterocycles. The van der Waals surface area contributed by atoms with Gasteiger partial charge in [0.25, 0.3) is 0 Å². The summed E-state index contributed by atoms with van der Waals surface area (Å²) < 4.78 is 79.5.